The summed E-state index contributed by atoms with van der Waals surface area (Å²) < 4.78 is 12.7. The normalized spacial score (nSPS) is 17.1. The van der Waals surface area contributed by atoms with E-state index in [1.54, 1.807) is 0 Å². The maximum Gasteiger partial charge on any atom is 0.225 e. The first-order chi connectivity index (χ1) is 34.0. The van der Waals surface area contributed by atoms with E-state index in [0.29, 0.717) is 32.5 Å². The van der Waals surface area contributed by atoms with Crippen LogP contribution in [0.15, 0.2) is 182 Å². The van der Waals surface area contributed by atoms with Gasteiger partial charge < -0.3 is 13.9 Å². The largest absolute Gasteiger partial charge is 0.509 e. The topological polar surface area (TPSA) is 32.0 Å². The average Bonchev–Trinajstić information content (AvgIpc) is 3.66. The van der Waals surface area contributed by atoms with Crippen molar-refractivity contribution in [1.82, 2.24) is 23.3 Å². The third-order valence-electron chi connectivity index (χ3n) is 14.9. The second-order valence-electron chi connectivity index (χ2n) is 20.8. The maximum absolute atomic E-state index is 7.12. The number of rotatable bonds is 9. The molecule has 0 amide bonds. The SMILES string of the molecule is CC(C)c1cccc(C(C)C)c1-c1cccc([N@+]23[CH-][N+]2(c2[c-]c(Oc4[c-]c5c(cc4)c4ccccc4n5-c4cc(C(C)(C)C)ccn4)cc(-n4c5ccccc5c5ccccc54)c2)c2ccccc23)c1.[Pt]. The molecule has 0 bridgehead atoms. The minimum atomic E-state index is -0.0447. The van der Waals surface area contributed by atoms with E-state index in [1.165, 1.54) is 55.7 Å². The van der Waals surface area contributed by atoms with Crippen LogP contribution in [0.25, 0.3) is 66.2 Å². The molecule has 0 spiro atoms. The van der Waals surface area contributed by atoms with Crippen LogP contribution in [-0.4, -0.2) is 14.1 Å². The Bertz CT molecular complexity index is 3850. The van der Waals surface area contributed by atoms with Gasteiger partial charge in [0.05, 0.1) is 16.7 Å². The number of quaternary nitrogens is 2. The fourth-order valence-corrected chi connectivity index (χ4v) is 11.6. The number of ether oxygens (including phenoxy) is 1. The maximum atomic E-state index is 7.12. The molecule has 0 N–H and O–H groups in total. The number of benzene rings is 8. The minimum absolute atomic E-state index is 0. The van der Waals surface area contributed by atoms with Gasteiger partial charge in [-0.2, -0.15) is 10.7 Å². The fraction of sp³-hybridized carbons (Fsp3) is 0.156. The molecule has 71 heavy (non-hydrogen) atoms. The van der Waals surface area contributed by atoms with Crippen LogP contribution in [0.2, 0.25) is 0 Å². The summed E-state index contributed by atoms with van der Waals surface area (Å²) in [5.41, 5.74) is 16.4. The summed E-state index contributed by atoms with van der Waals surface area (Å²) in [5, 5.41) is 4.63. The number of hydrogen-bond acceptors (Lipinski definition) is 2. The van der Waals surface area contributed by atoms with Crippen molar-refractivity contribution in [3.05, 3.63) is 218 Å². The molecule has 11 aromatic rings. The molecule has 2 aliphatic rings. The van der Waals surface area contributed by atoms with Gasteiger partial charge in [0, 0.05) is 79.3 Å². The van der Waals surface area contributed by atoms with E-state index in [9.17, 15) is 0 Å². The Morgan fingerprint density at radius 3 is 1.79 bits per heavy atom. The van der Waals surface area contributed by atoms with Gasteiger partial charge in [-0.1, -0.05) is 169 Å². The van der Waals surface area contributed by atoms with Crippen molar-refractivity contribution in [2.75, 3.05) is 0 Å². The molecule has 6 nitrogen and oxygen atoms in total. The Morgan fingerprint density at radius 2 is 1.14 bits per heavy atom. The first-order valence-corrected chi connectivity index (χ1v) is 24.6. The number of fused-ring (bicyclic) bond motifs is 10. The summed E-state index contributed by atoms with van der Waals surface area (Å²) in [6.45, 7) is 18.4. The van der Waals surface area contributed by atoms with Crippen LogP contribution in [-0.2, 0) is 26.5 Å². The molecule has 8 aromatic carbocycles. The summed E-state index contributed by atoms with van der Waals surface area (Å²) in [7, 11) is 0. The van der Waals surface area contributed by atoms with E-state index < -0.39 is 0 Å². The molecule has 2 atom stereocenters. The van der Waals surface area contributed by atoms with Crippen LogP contribution in [0.3, 0.4) is 0 Å². The summed E-state index contributed by atoms with van der Waals surface area (Å²) in [5.74, 6) is 2.82. The molecule has 7 heteroatoms. The molecule has 2 aliphatic heterocycles. The second kappa shape index (κ2) is 16.5. The third-order valence-corrected chi connectivity index (χ3v) is 14.9. The number of pyridine rings is 1. The number of hydrogen-bond donors (Lipinski definition) is 0. The van der Waals surface area contributed by atoms with Crippen LogP contribution in [0.5, 0.6) is 11.5 Å². The molecule has 13 rings (SSSR count). The van der Waals surface area contributed by atoms with Crippen molar-refractivity contribution in [2.45, 2.75) is 65.7 Å². The smallest absolute Gasteiger partial charge is 0.225 e. The zero-order chi connectivity index (χ0) is 47.7. The summed E-state index contributed by atoms with van der Waals surface area (Å²) in [6.07, 6.45) is 1.92. The molecule has 5 heterocycles. The molecule has 1 fully saturated rings. The first kappa shape index (κ1) is 45.1. The Hall–Kier alpha value is -7.08. The third kappa shape index (κ3) is 6.68. The monoisotopic (exact) mass is 1100 g/mol. The van der Waals surface area contributed by atoms with Crippen molar-refractivity contribution >= 4 is 66.4 Å². The summed E-state index contributed by atoms with van der Waals surface area (Å²) in [4.78, 5) is 4.94. The fourth-order valence-electron chi connectivity index (χ4n) is 11.6. The predicted molar refractivity (Wildman–Crippen MR) is 290 cm³/mol. The number of nitrogens with zero attached hydrogens (tertiary/aromatic N) is 5. The Balaban J connectivity index is 0.00000517. The molecular weight excluding hydrogens is 1050 g/mol. The average molecular weight is 1100 g/mol. The second-order valence-corrected chi connectivity index (χ2v) is 20.8. The van der Waals surface area contributed by atoms with Gasteiger partial charge in [0.25, 0.3) is 0 Å². The van der Waals surface area contributed by atoms with Crippen molar-refractivity contribution in [3.63, 3.8) is 0 Å². The van der Waals surface area contributed by atoms with Crippen molar-refractivity contribution in [3.8, 4) is 34.1 Å². The van der Waals surface area contributed by atoms with Crippen LogP contribution in [0, 0.1) is 18.8 Å². The van der Waals surface area contributed by atoms with E-state index in [-0.39, 0.29) is 26.5 Å². The summed E-state index contributed by atoms with van der Waals surface area (Å²) >= 11 is 0. The van der Waals surface area contributed by atoms with E-state index in [2.05, 4.69) is 246 Å². The standard InChI is InChI=1S/C64H54N5O.Pt/c1-41(2)50-23-17-24-51(42(3)4)63(50)43-18-16-19-46(34-43)68-40-69(68,61-29-15-14-28-60(61)68)47-36-45(66-56-25-11-8-20-52(56)53-21-9-12-26-57(53)66)37-49(38-47)70-48-30-31-55-54-22-10-13-27-58(54)67(59(55)39-48)62-35-44(32-33-65-62)64(5,6)7;/h8-37,40-42H,1-7H3;/q-1;/t68-,69?;/m0./s1. The molecule has 0 radical (unpaired) electrons. The Morgan fingerprint density at radius 1 is 0.549 bits per heavy atom. The van der Waals surface area contributed by atoms with Crippen molar-refractivity contribution in [1.29, 1.82) is 0 Å². The predicted octanol–water partition coefficient (Wildman–Crippen LogP) is 17.2. The van der Waals surface area contributed by atoms with Gasteiger partial charge in [0.15, 0.2) is 12.4 Å². The summed E-state index contributed by atoms with van der Waals surface area (Å²) in [6, 6.07) is 71.6. The zero-order valence-corrected chi connectivity index (χ0v) is 43.3. The van der Waals surface area contributed by atoms with E-state index in [0.717, 1.165) is 50.0 Å². The molecule has 1 saturated heterocycles. The van der Waals surface area contributed by atoms with Gasteiger partial charge in [-0.05, 0) is 80.8 Å². The molecule has 352 valence electrons. The minimum Gasteiger partial charge on any atom is -0.509 e. The van der Waals surface area contributed by atoms with Gasteiger partial charge in [0.2, 0.25) is 11.4 Å². The van der Waals surface area contributed by atoms with Gasteiger partial charge in [-0.25, -0.2) is 9.58 Å². The van der Waals surface area contributed by atoms with E-state index in [4.69, 9.17) is 9.72 Å². The molecule has 3 aromatic heterocycles. The Labute approximate surface area is 430 Å². The first-order valence-electron chi connectivity index (χ1n) is 24.6. The van der Waals surface area contributed by atoms with E-state index >= 15 is 0 Å². The van der Waals surface area contributed by atoms with Gasteiger partial charge >= 0.3 is 0 Å². The Kier molecular flexibility index (Phi) is 10.5. The van der Waals surface area contributed by atoms with Crippen LogP contribution >= 0.6 is 0 Å². The molecule has 0 saturated carbocycles. The van der Waals surface area contributed by atoms with E-state index in [1.807, 2.05) is 12.3 Å². The van der Waals surface area contributed by atoms with Gasteiger partial charge in [-0.15, -0.1) is 23.6 Å². The van der Waals surface area contributed by atoms with Crippen LogP contribution in [0.4, 0.5) is 22.7 Å². The zero-order valence-electron chi connectivity index (χ0n) is 41.0. The number of para-hydroxylation sites is 5. The van der Waals surface area contributed by atoms with Crippen molar-refractivity contribution in [2.24, 2.45) is 0 Å². The quantitative estimate of drug-likeness (QED) is 0.0820. The molecular formula is C64H54N5OPt-. The van der Waals surface area contributed by atoms with Gasteiger partial charge in [0.1, 0.15) is 5.82 Å². The number of aromatic nitrogens is 3. The molecule has 1 unspecified atom stereocenters. The van der Waals surface area contributed by atoms with Crippen LogP contribution < -0.4 is 13.9 Å². The van der Waals surface area contributed by atoms with Gasteiger partial charge in [-0.3, -0.25) is 0 Å². The van der Waals surface area contributed by atoms with Crippen LogP contribution in [0.1, 0.15) is 77.0 Å². The van der Waals surface area contributed by atoms with Crippen molar-refractivity contribution < 1.29 is 25.8 Å². The molecule has 0 aliphatic carbocycles.